The highest BCUT2D eigenvalue weighted by atomic mass is 16.4. The van der Waals surface area contributed by atoms with E-state index in [9.17, 15) is 24.6 Å². The van der Waals surface area contributed by atoms with Crippen LogP contribution in [0.3, 0.4) is 0 Å². The van der Waals surface area contributed by atoms with Crippen molar-refractivity contribution in [1.82, 2.24) is 0 Å². The van der Waals surface area contributed by atoms with Gasteiger partial charge in [-0.3, -0.25) is 14.4 Å². The first-order chi connectivity index (χ1) is 10.0. The molecule has 1 fully saturated rings. The van der Waals surface area contributed by atoms with E-state index in [0.717, 1.165) is 12.8 Å². The van der Waals surface area contributed by atoms with Crippen LogP contribution in [0.25, 0.3) is 0 Å². The standard InChI is InChI=1S/C16H18O5/c17-14(10-6-2-1-3-7-10)12-9-5-4-8-11(12)13(15(18)19)16(20)21/h1-3,6-7,11-13H,4-5,8-9H2,(H,18,19)(H,20,21)/t11-,12-/m0/s1. The molecule has 5 heteroatoms. The number of carbonyl (C=O) groups excluding carboxylic acids is 1. The third kappa shape index (κ3) is 3.29. The van der Waals surface area contributed by atoms with E-state index in [1.54, 1.807) is 30.3 Å². The molecule has 1 aliphatic carbocycles. The molecule has 1 aliphatic rings. The Bertz CT molecular complexity index is 523. The first-order valence-corrected chi connectivity index (χ1v) is 7.07. The number of rotatable bonds is 5. The molecule has 0 aliphatic heterocycles. The first-order valence-electron chi connectivity index (χ1n) is 7.07. The molecule has 0 heterocycles. The molecular weight excluding hydrogens is 272 g/mol. The van der Waals surface area contributed by atoms with Gasteiger partial charge in [0.1, 0.15) is 0 Å². The molecule has 0 unspecified atom stereocenters. The lowest BCUT2D eigenvalue weighted by molar-refractivity contribution is -0.158. The smallest absolute Gasteiger partial charge is 0.318 e. The van der Waals surface area contributed by atoms with Gasteiger partial charge in [0.25, 0.3) is 0 Å². The predicted octanol–water partition coefficient (Wildman–Crippen LogP) is 2.46. The van der Waals surface area contributed by atoms with Crippen molar-refractivity contribution < 1.29 is 24.6 Å². The van der Waals surface area contributed by atoms with Crippen molar-refractivity contribution in [2.24, 2.45) is 17.8 Å². The summed E-state index contributed by atoms with van der Waals surface area (Å²) in [6.07, 6.45) is 2.61. The number of hydrogen-bond acceptors (Lipinski definition) is 3. The summed E-state index contributed by atoms with van der Waals surface area (Å²) in [6, 6.07) is 8.66. The summed E-state index contributed by atoms with van der Waals surface area (Å²) in [7, 11) is 0. The second-order valence-corrected chi connectivity index (χ2v) is 5.44. The zero-order valence-corrected chi connectivity index (χ0v) is 11.6. The monoisotopic (exact) mass is 290 g/mol. The number of carboxylic acid groups (broad SMARTS) is 2. The fourth-order valence-corrected chi connectivity index (χ4v) is 3.17. The number of aliphatic carboxylic acids is 2. The van der Waals surface area contributed by atoms with Crippen molar-refractivity contribution >= 4 is 17.7 Å². The lowest BCUT2D eigenvalue weighted by atomic mass is 9.69. The lowest BCUT2D eigenvalue weighted by Crippen LogP contribution is -2.40. The van der Waals surface area contributed by atoms with Crippen molar-refractivity contribution in [2.75, 3.05) is 0 Å². The van der Waals surface area contributed by atoms with Crippen LogP contribution >= 0.6 is 0 Å². The Morgan fingerprint density at radius 2 is 1.52 bits per heavy atom. The van der Waals surface area contributed by atoms with Gasteiger partial charge in [0, 0.05) is 11.5 Å². The molecule has 0 radical (unpaired) electrons. The summed E-state index contributed by atoms with van der Waals surface area (Å²) >= 11 is 0. The second kappa shape index (κ2) is 6.52. The van der Waals surface area contributed by atoms with Crippen molar-refractivity contribution in [2.45, 2.75) is 25.7 Å². The lowest BCUT2D eigenvalue weighted by Gasteiger charge is -2.32. The van der Waals surface area contributed by atoms with E-state index >= 15 is 0 Å². The summed E-state index contributed by atoms with van der Waals surface area (Å²) < 4.78 is 0. The van der Waals surface area contributed by atoms with Gasteiger partial charge in [-0.1, -0.05) is 43.2 Å². The quantitative estimate of drug-likeness (QED) is 0.642. The van der Waals surface area contributed by atoms with Gasteiger partial charge < -0.3 is 10.2 Å². The highest BCUT2D eigenvalue weighted by Gasteiger charge is 2.43. The van der Waals surface area contributed by atoms with Crippen molar-refractivity contribution in [3.63, 3.8) is 0 Å². The average molecular weight is 290 g/mol. The summed E-state index contributed by atoms with van der Waals surface area (Å²) in [5.41, 5.74) is 0.518. The molecule has 21 heavy (non-hydrogen) atoms. The number of carbonyl (C=O) groups is 3. The molecular formula is C16H18O5. The topological polar surface area (TPSA) is 91.7 Å². The predicted molar refractivity (Wildman–Crippen MR) is 75.0 cm³/mol. The Labute approximate surface area is 122 Å². The van der Waals surface area contributed by atoms with Crippen LogP contribution in [0.1, 0.15) is 36.0 Å². The molecule has 2 N–H and O–H groups in total. The minimum absolute atomic E-state index is 0.146. The Balaban J connectivity index is 2.29. The van der Waals surface area contributed by atoms with E-state index < -0.39 is 29.7 Å². The molecule has 1 aromatic carbocycles. The Kier molecular flexibility index (Phi) is 4.73. The van der Waals surface area contributed by atoms with E-state index in [1.807, 2.05) is 0 Å². The summed E-state index contributed by atoms with van der Waals surface area (Å²) in [5, 5.41) is 18.3. The number of hydrogen-bond donors (Lipinski definition) is 2. The fourth-order valence-electron chi connectivity index (χ4n) is 3.17. The molecule has 0 saturated heterocycles. The molecule has 5 nitrogen and oxygen atoms in total. The highest BCUT2D eigenvalue weighted by molar-refractivity contribution is 6.00. The molecule has 2 atom stereocenters. The summed E-state index contributed by atoms with van der Waals surface area (Å²) in [4.78, 5) is 35.1. The van der Waals surface area contributed by atoms with E-state index in [-0.39, 0.29) is 5.78 Å². The number of Topliss-reactive ketones (excluding diaryl/α,β-unsaturated/α-hetero) is 1. The van der Waals surface area contributed by atoms with E-state index in [0.29, 0.717) is 18.4 Å². The number of ketones is 1. The van der Waals surface area contributed by atoms with Gasteiger partial charge in [-0.05, 0) is 18.8 Å². The largest absolute Gasteiger partial charge is 0.481 e. The Hall–Kier alpha value is -2.17. The van der Waals surface area contributed by atoms with Gasteiger partial charge in [-0.2, -0.15) is 0 Å². The first kappa shape index (κ1) is 15.2. The van der Waals surface area contributed by atoms with Crippen LogP contribution in [0, 0.1) is 17.8 Å². The van der Waals surface area contributed by atoms with Crippen LogP contribution in [-0.2, 0) is 9.59 Å². The normalized spacial score (nSPS) is 22.0. The molecule has 1 aromatic rings. The van der Waals surface area contributed by atoms with Crippen LogP contribution in [0.4, 0.5) is 0 Å². The Morgan fingerprint density at radius 3 is 2.10 bits per heavy atom. The Morgan fingerprint density at radius 1 is 0.952 bits per heavy atom. The maximum atomic E-state index is 12.6. The van der Waals surface area contributed by atoms with Crippen LogP contribution in [0.5, 0.6) is 0 Å². The van der Waals surface area contributed by atoms with Crippen molar-refractivity contribution in [3.05, 3.63) is 35.9 Å². The van der Waals surface area contributed by atoms with Gasteiger partial charge in [0.15, 0.2) is 11.7 Å². The summed E-state index contributed by atoms with van der Waals surface area (Å²) in [6.45, 7) is 0. The van der Waals surface area contributed by atoms with Crippen LogP contribution < -0.4 is 0 Å². The van der Waals surface area contributed by atoms with Crippen LogP contribution in [0.15, 0.2) is 30.3 Å². The highest BCUT2D eigenvalue weighted by Crippen LogP contribution is 2.37. The maximum absolute atomic E-state index is 12.6. The van der Waals surface area contributed by atoms with Gasteiger partial charge in [0.2, 0.25) is 0 Å². The minimum atomic E-state index is -1.51. The van der Waals surface area contributed by atoms with E-state index in [2.05, 4.69) is 0 Å². The molecule has 2 rings (SSSR count). The third-order valence-corrected chi connectivity index (χ3v) is 4.17. The van der Waals surface area contributed by atoms with Gasteiger partial charge in [-0.15, -0.1) is 0 Å². The van der Waals surface area contributed by atoms with Gasteiger partial charge in [-0.25, -0.2) is 0 Å². The molecule has 0 amide bonds. The maximum Gasteiger partial charge on any atom is 0.318 e. The molecule has 0 aromatic heterocycles. The molecule has 0 bridgehead atoms. The zero-order valence-electron chi connectivity index (χ0n) is 11.6. The van der Waals surface area contributed by atoms with E-state index in [1.165, 1.54) is 0 Å². The summed E-state index contributed by atoms with van der Waals surface area (Å²) in [5.74, 6) is -5.55. The average Bonchev–Trinajstić information content (AvgIpc) is 2.47. The number of benzene rings is 1. The SMILES string of the molecule is O=C(O)C(C(=O)O)[C@H]1CCCC[C@@H]1C(=O)c1ccccc1. The van der Waals surface area contributed by atoms with Crippen molar-refractivity contribution in [1.29, 1.82) is 0 Å². The zero-order chi connectivity index (χ0) is 15.4. The minimum Gasteiger partial charge on any atom is -0.481 e. The number of carboxylic acids is 2. The van der Waals surface area contributed by atoms with Crippen LogP contribution in [0.2, 0.25) is 0 Å². The van der Waals surface area contributed by atoms with E-state index in [4.69, 9.17) is 0 Å². The molecule has 112 valence electrons. The third-order valence-electron chi connectivity index (χ3n) is 4.17. The fraction of sp³-hybridized carbons (Fsp3) is 0.438. The van der Waals surface area contributed by atoms with Gasteiger partial charge in [0.05, 0.1) is 0 Å². The molecule has 0 spiro atoms. The molecule has 1 saturated carbocycles. The van der Waals surface area contributed by atoms with Crippen molar-refractivity contribution in [3.8, 4) is 0 Å². The second-order valence-electron chi connectivity index (χ2n) is 5.44. The van der Waals surface area contributed by atoms with Crippen LogP contribution in [-0.4, -0.2) is 27.9 Å². The van der Waals surface area contributed by atoms with Gasteiger partial charge >= 0.3 is 11.9 Å².